The SMILES string of the molecule is CN1C(=O)C(N(C)C(=O)C(N)CS)N=C(c2ccccc2)c2cc(Cl)ccc21. The number of rotatable bonds is 4. The number of anilines is 1. The molecule has 2 atom stereocenters. The van der Waals surface area contributed by atoms with Crippen LogP contribution in [0.25, 0.3) is 0 Å². The molecule has 28 heavy (non-hydrogen) atoms. The molecular weight excluding hydrogens is 396 g/mol. The molecule has 0 aromatic heterocycles. The molecule has 0 bridgehead atoms. The highest BCUT2D eigenvalue weighted by Crippen LogP contribution is 2.30. The number of thiol groups is 1. The Morgan fingerprint density at radius 1 is 1.32 bits per heavy atom. The quantitative estimate of drug-likeness (QED) is 0.750. The summed E-state index contributed by atoms with van der Waals surface area (Å²) in [6.45, 7) is 0. The molecule has 0 radical (unpaired) electrons. The Morgan fingerprint density at radius 2 is 2.00 bits per heavy atom. The summed E-state index contributed by atoms with van der Waals surface area (Å²) in [6, 6.07) is 13.9. The van der Waals surface area contributed by atoms with Crippen molar-refractivity contribution in [2.24, 2.45) is 10.7 Å². The second-order valence-electron chi connectivity index (χ2n) is 6.51. The Hall–Kier alpha value is -2.35. The number of benzodiazepines with no additional fused rings is 1. The van der Waals surface area contributed by atoms with Gasteiger partial charge in [0, 0.05) is 36.0 Å². The fraction of sp³-hybridized carbons (Fsp3) is 0.250. The van der Waals surface area contributed by atoms with E-state index < -0.39 is 18.1 Å². The van der Waals surface area contributed by atoms with Gasteiger partial charge in [0.05, 0.1) is 17.4 Å². The molecule has 6 nitrogen and oxygen atoms in total. The normalized spacial score (nSPS) is 17.5. The van der Waals surface area contributed by atoms with Crippen LogP contribution in [0.1, 0.15) is 11.1 Å². The van der Waals surface area contributed by atoms with Gasteiger partial charge in [-0.1, -0.05) is 41.9 Å². The van der Waals surface area contributed by atoms with E-state index in [4.69, 9.17) is 17.3 Å². The minimum atomic E-state index is -1.05. The predicted molar refractivity (Wildman–Crippen MR) is 115 cm³/mol. The lowest BCUT2D eigenvalue weighted by molar-refractivity contribution is -0.138. The molecule has 1 heterocycles. The van der Waals surface area contributed by atoms with Crippen molar-refractivity contribution in [2.75, 3.05) is 24.7 Å². The number of carbonyl (C=O) groups is 2. The minimum Gasteiger partial charge on any atom is -0.319 e. The zero-order valence-electron chi connectivity index (χ0n) is 15.5. The summed E-state index contributed by atoms with van der Waals surface area (Å²) in [5.41, 5.74) is 8.62. The van der Waals surface area contributed by atoms with Gasteiger partial charge in [-0.25, -0.2) is 4.99 Å². The topological polar surface area (TPSA) is 79.0 Å². The van der Waals surface area contributed by atoms with Gasteiger partial charge >= 0.3 is 0 Å². The Labute approximate surface area is 174 Å². The molecule has 0 fully saturated rings. The van der Waals surface area contributed by atoms with Gasteiger partial charge in [-0.15, -0.1) is 0 Å². The molecule has 2 aromatic rings. The number of amides is 2. The lowest BCUT2D eigenvalue weighted by Gasteiger charge is -2.28. The molecule has 1 aliphatic heterocycles. The summed E-state index contributed by atoms with van der Waals surface area (Å²) < 4.78 is 0. The number of carbonyl (C=O) groups excluding carboxylic acids is 2. The predicted octanol–water partition coefficient (Wildman–Crippen LogP) is 2.20. The van der Waals surface area contributed by atoms with Crippen molar-refractivity contribution in [1.29, 1.82) is 0 Å². The molecule has 2 N–H and O–H groups in total. The fourth-order valence-electron chi connectivity index (χ4n) is 3.07. The maximum absolute atomic E-state index is 13.2. The minimum absolute atomic E-state index is 0.172. The molecule has 0 spiro atoms. The van der Waals surface area contributed by atoms with E-state index in [1.807, 2.05) is 30.3 Å². The van der Waals surface area contributed by atoms with Crippen LogP contribution >= 0.6 is 24.2 Å². The lowest BCUT2D eigenvalue weighted by atomic mass is 10.0. The third-order valence-corrected chi connectivity index (χ3v) is 5.28. The van der Waals surface area contributed by atoms with Crippen LogP contribution < -0.4 is 10.6 Å². The number of aliphatic imine (C=N–C) groups is 1. The summed E-state index contributed by atoms with van der Waals surface area (Å²) in [4.78, 5) is 33.2. The number of halogens is 1. The van der Waals surface area contributed by atoms with Crippen molar-refractivity contribution in [2.45, 2.75) is 12.2 Å². The number of likely N-dealkylation sites (N-methyl/N-ethyl adjacent to an activating group) is 2. The van der Waals surface area contributed by atoms with E-state index in [9.17, 15) is 9.59 Å². The third-order valence-electron chi connectivity index (χ3n) is 4.65. The van der Waals surface area contributed by atoms with E-state index in [1.54, 1.807) is 25.2 Å². The number of benzene rings is 2. The molecule has 1 aliphatic rings. The highest BCUT2D eigenvalue weighted by Gasteiger charge is 2.35. The summed E-state index contributed by atoms with van der Waals surface area (Å²) in [5, 5.41) is 0.531. The van der Waals surface area contributed by atoms with E-state index in [2.05, 4.69) is 17.6 Å². The van der Waals surface area contributed by atoms with Crippen LogP contribution in [0.15, 0.2) is 53.5 Å². The molecular formula is C20H21ClN4O2S. The summed E-state index contributed by atoms with van der Waals surface area (Å²) >= 11 is 10.3. The van der Waals surface area contributed by atoms with Crippen LogP contribution in [0.4, 0.5) is 5.69 Å². The van der Waals surface area contributed by atoms with E-state index in [0.29, 0.717) is 16.4 Å². The standard InChI is InChI=1S/C20H21ClN4O2S/c1-24-16-9-8-13(21)10-14(16)17(12-6-4-3-5-7-12)23-18(20(24)27)25(2)19(26)15(22)11-28/h3-10,15,18,28H,11,22H2,1-2H3. The summed E-state index contributed by atoms with van der Waals surface area (Å²) in [7, 11) is 3.18. The number of fused-ring (bicyclic) bond motifs is 1. The molecule has 8 heteroatoms. The number of nitrogens with two attached hydrogens (primary N) is 1. The number of nitrogens with zero attached hydrogens (tertiary/aromatic N) is 3. The Bertz CT molecular complexity index is 935. The van der Waals surface area contributed by atoms with Crippen LogP contribution in [0.5, 0.6) is 0 Å². The molecule has 0 aliphatic carbocycles. The van der Waals surface area contributed by atoms with E-state index >= 15 is 0 Å². The summed E-state index contributed by atoms with van der Waals surface area (Å²) in [6.07, 6.45) is -1.05. The van der Waals surface area contributed by atoms with Crippen molar-refractivity contribution in [3.8, 4) is 0 Å². The number of hydrogen-bond donors (Lipinski definition) is 2. The molecule has 146 valence electrons. The van der Waals surface area contributed by atoms with E-state index in [-0.39, 0.29) is 11.7 Å². The molecule has 0 saturated heterocycles. The van der Waals surface area contributed by atoms with Crippen LogP contribution in [0.2, 0.25) is 5.02 Å². The van der Waals surface area contributed by atoms with Crippen LogP contribution in [-0.2, 0) is 9.59 Å². The maximum Gasteiger partial charge on any atom is 0.272 e. The molecule has 3 rings (SSSR count). The van der Waals surface area contributed by atoms with Gasteiger partial charge in [0.2, 0.25) is 12.1 Å². The second kappa shape index (κ2) is 8.34. The van der Waals surface area contributed by atoms with Gasteiger partial charge in [-0.05, 0) is 18.2 Å². The zero-order valence-corrected chi connectivity index (χ0v) is 17.2. The monoisotopic (exact) mass is 416 g/mol. The van der Waals surface area contributed by atoms with Gasteiger partial charge in [-0.2, -0.15) is 12.6 Å². The van der Waals surface area contributed by atoms with Gasteiger partial charge in [0.15, 0.2) is 0 Å². The highest BCUT2D eigenvalue weighted by molar-refractivity contribution is 7.80. The first-order valence-electron chi connectivity index (χ1n) is 8.69. The molecule has 2 amide bonds. The number of hydrogen-bond acceptors (Lipinski definition) is 5. The Kier molecular flexibility index (Phi) is 6.07. The first-order chi connectivity index (χ1) is 13.3. The van der Waals surface area contributed by atoms with Gasteiger partial charge in [0.1, 0.15) is 0 Å². The van der Waals surface area contributed by atoms with E-state index in [1.165, 1.54) is 16.8 Å². The maximum atomic E-state index is 13.2. The Balaban J connectivity index is 2.19. The smallest absolute Gasteiger partial charge is 0.272 e. The third kappa shape index (κ3) is 3.78. The van der Waals surface area contributed by atoms with E-state index in [0.717, 1.165) is 11.1 Å². The molecule has 2 aromatic carbocycles. The molecule has 0 saturated carbocycles. The van der Waals surface area contributed by atoms with Crippen LogP contribution in [0, 0.1) is 0 Å². The first-order valence-corrected chi connectivity index (χ1v) is 9.70. The van der Waals surface area contributed by atoms with Crippen molar-refractivity contribution in [3.63, 3.8) is 0 Å². The van der Waals surface area contributed by atoms with Crippen molar-refractivity contribution in [3.05, 3.63) is 64.7 Å². The van der Waals surface area contributed by atoms with Crippen LogP contribution in [0.3, 0.4) is 0 Å². The second-order valence-corrected chi connectivity index (χ2v) is 7.32. The van der Waals surface area contributed by atoms with Gasteiger partial charge in [0.25, 0.3) is 5.91 Å². The largest absolute Gasteiger partial charge is 0.319 e. The summed E-state index contributed by atoms with van der Waals surface area (Å²) in [5.74, 6) is -0.566. The fourth-order valence-corrected chi connectivity index (χ4v) is 3.40. The Morgan fingerprint density at radius 3 is 2.64 bits per heavy atom. The molecule has 2 unspecified atom stereocenters. The van der Waals surface area contributed by atoms with Crippen LogP contribution in [-0.4, -0.2) is 54.5 Å². The van der Waals surface area contributed by atoms with Gasteiger partial charge < -0.3 is 15.5 Å². The van der Waals surface area contributed by atoms with Crippen molar-refractivity contribution < 1.29 is 9.59 Å². The van der Waals surface area contributed by atoms with Crippen molar-refractivity contribution >= 4 is 47.4 Å². The lowest BCUT2D eigenvalue weighted by Crippen LogP contribution is -2.52. The zero-order chi connectivity index (χ0) is 20.4. The van der Waals surface area contributed by atoms with Crippen molar-refractivity contribution in [1.82, 2.24) is 4.90 Å². The van der Waals surface area contributed by atoms with Gasteiger partial charge in [-0.3, -0.25) is 9.59 Å². The average Bonchev–Trinajstić information content (AvgIpc) is 2.82. The average molecular weight is 417 g/mol. The highest BCUT2D eigenvalue weighted by atomic mass is 35.5. The first kappa shape index (κ1) is 20.4.